The number of anilines is 2. The quantitative estimate of drug-likeness (QED) is 0.372. The lowest BCUT2D eigenvalue weighted by atomic mass is 9.75. The van der Waals surface area contributed by atoms with Gasteiger partial charge in [-0.15, -0.1) is 11.3 Å². The summed E-state index contributed by atoms with van der Waals surface area (Å²) in [6.45, 7) is 7.53. The molecule has 1 aliphatic rings. The van der Waals surface area contributed by atoms with Crippen LogP contribution in [0.4, 0.5) is 10.8 Å². The summed E-state index contributed by atoms with van der Waals surface area (Å²) in [7, 11) is 0. The molecule has 2 atom stereocenters. The van der Waals surface area contributed by atoms with Gasteiger partial charge in [-0.1, -0.05) is 48.5 Å². The van der Waals surface area contributed by atoms with E-state index in [1.165, 1.54) is 11.3 Å². The number of esters is 2. The Kier molecular flexibility index (Phi) is 7.95. The third-order valence-electron chi connectivity index (χ3n) is 5.98. The van der Waals surface area contributed by atoms with Crippen molar-refractivity contribution < 1.29 is 19.1 Å². The van der Waals surface area contributed by atoms with E-state index in [0.29, 0.717) is 22.1 Å². The molecular formula is C28H29N3O4S. The first-order chi connectivity index (χ1) is 17.4. The van der Waals surface area contributed by atoms with Gasteiger partial charge in [0, 0.05) is 34.0 Å². The summed E-state index contributed by atoms with van der Waals surface area (Å²) in [5.74, 6) is -2.29. The molecule has 0 saturated heterocycles. The maximum atomic E-state index is 13.1. The second-order valence-corrected chi connectivity index (χ2v) is 9.15. The van der Waals surface area contributed by atoms with Crippen molar-refractivity contribution in [3.05, 3.63) is 76.8 Å². The van der Waals surface area contributed by atoms with Gasteiger partial charge in [-0.3, -0.25) is 9.79 Å². The number of ether oxygens (including phenoxy) is 2. The van der Waals surface area contributed by atoms with Gasteiger partial charge in [-0.25, -0.2) is 9.78 Å². The van der Waals surface area contributed by atoms with Crippen molar-refractivity contribution in [1.82, 2.24) is 4.98 Å². The lowest BCUT2D eigenvalue weighted by Gasteiger charge is -2.32. The van der Waals surface area contributed by atoms with Gasteiger partial charge in [-0.05, 0) is 39.3 Å². The van der Waals surface area contributed by atoms with Gasteiger partial charge in [-0.2, -0.15) is 0 Å². The van der Waals surface area contributed by atoms with Crippen LogP contribution in [0.5, 0.6) is 0 Å². The van der Waals surface area contributed by atoms with Crippen LogP contribution in [-0.2, 0) is 19.1 Å². The minimum Gasteiger partial charge on any atom is -0.465 e. The first-order valence-electron chi connectivity index (χ1n) is 11.9. The summed E-state index contributed by atoms with van der Waals surface area (Å²) >= 11 is 1.48. The van der Waals surface area contributed by atoms with Crippen molar-refractivity contribution >= 4 is 39.8 Å². The largest absolute Gasteiger partial charge is 0.465 e. The zero-order chi connectivity index (χ0) is 25.7. The molecule has 0 aliphatic carbocycles. The highest BCUT2D eigenvalue weighted by Gasteiger charge is 2.43. The molecule has 0 saturated carbocycles. The standard InChI is InChI=1S/C28H29N3O4S/c1-5-34-26(32)23-17(3)29-18(4)24(27(33)35-6-2)25(23)20-14-10-11-15-21(20)30-28-31-22(16-36-28)19-12-8-7-9-13-19/h7-16,23,25H,5-6H2,1-4H3,(H,30,31). The van der Waals surface area contributed by atoms with Gasteiger partial charge < -0.3 is 14.8 Å². The lowest BCUT2D eigenvalue weighted by Crippen LogP contribution is -2.36. The van der Waals surface area contributed by atoms with E-state index in [1.54, 1.807) is 27.7 Å². The average Bonchev–Trinajstić information content (AvgIpc) is 3.33. The Morgan fingerprint density at radius 3 is 2.39 bits per heavy atom. The van der Waals surface area contributed by atoms with E-state index in [0.717, 1.165) is 22.5 Å². The van der Waals surface area contributed by atoms with Crippen molar-refractivity contribution in [3.63, 3.8) is 0 Å². The summed E-state index contributed by atoms with van der Waals surface area (Å²) in [4.78, 5) is 35.6. The summed E-state index contributed by atoms with van der Waals surface area (Å²) < 4.78 is 10.8. The van der Waals surface area contributed by atoms with E-state index in [2.05, 4.69) is 10.3 Å². The first kappa shape index (κ1) is 25.3. The molecule has 36 heavy (non-hydrogen) atoms. The number of benzene rings is 2. The van der Waals surface area contributed by atoms with Crippen LogP contribution in [-0.4, -0.2) is 35.8 Å². The van der Waals surface area contributed by atoms with Crippen LogP contribution < -0.4 is 5.32 Å². The van der Waals surface area contributed by atoms with E-state index >= 15 is 0 Å². The van der Waals surface area contributed by atoms with Crippen LogP contribution in [0.2, 0.25) is 0 Å². The fourth-order valence-electron chi connectivity index (χ4n) is 4.45. The van der Waals surface area contributed by atoms with Gasteiger partial charge in [0.15, 0.2) is 5.13 Å². The van der Waals surface area contributed by atoms with E-state index in [9.17, 15) is 9.59 Å². The first-order valence-corrected chi connectivity index (χ1v) is 12.8. The van der Waals surface area contributed by atoms with Crippen molar-refractivity contribution in [1.29, 1.82) is 0 Å². The predicted molar refractivity (Wildman–Crippen MR) is 143 cm³/mol. The number of aromatic nitrogens is 1. The smallest absolute Gasteiger partial charge is 0.336 e. The fraction of sp³-hybridized carbons (Fsp3) is 0.286. The number of para-hydroxylation sites is 1. The van der Waals surface area contributed by atoms with E-state index in [1.807, 2.05) is 60.0 Å². The van der Waals surface area contributed by atoms with Gasteiger partial charge in [0.1, 0.15) is 5.92 Å². The Bertz CT molecular complexity index is 1310. The van der Waals surface area contributed by atoms with Crippen molar-refractivity contribution in [3.8, 4) is 11.3 Å². The highest BCUT2D eigenvalue weighted by atomic mass is 32.1. The fourth-order valence-corrected chi connectivity index (χ4v) is 5.19. The molecule has 0 radical (unpaired) electrons. The van der Waals surface area contributed by atoms with Crippen LogP contribution in [0, 0.1) is 5.92 Å². The Morgan fingerprint density at radius 1 is 0.972 bits per heavy atom. The molecule has 4 rings (SSSR count). The van der Waals surface area contributed by atoms with E-state index < -0.39 is 23.8 Å². The molecule has 0 fully saturated rings. The summed E-state index contributed by atoms with van der Waals surface area (Å²) in [6, 6.07) is 17.6. The van der Waals surface area contributed by atoms with Gasteiger partial charge in [0.2, 0.25) is 0 Å². The maximum absolute atomic E-state index is 13.1. The third-order valence-corrected chi connectivity index (χ3v) is 6.73. The molecule has 0 spiro atoms. The van der Waals surface area contributed by atoms with Crippen LogP contribution in [0.25, 0.3) is 11.3 Å². The zero-order valence-electron chi connectivity index (χ0n) is 20.8. The second kappa shape index (κ2) is 11.3. The SMILES string of the molecule is CCOC(=O)C1=C(C)N=C(C)C(C(=O)OCC)C1c1ccccc1Nc1nc(-c2ccccc2)cs1. The number of nitrogens with zero attached hydrogens (tertiary/aromatic N) is 2. The Morgan fingerprint density at radius 2 is 1.67 bits per heavy atom. The number of aliphatic imine (C=N–C) groups is 1. The lowest BCUT2D eigenvalue weighted by molar-refractivity contribution is -0.146. The Labute approximate surface area is 214 Å². The van der Waals surface area contributed by atoms with E-state index in [-0.39, 0.29) is 13.2 Å². The van der Waals surface area contributed by atoms with E-state index in [4.69, 9.17) is 14.5 Å². The number of carbonyl (C=O) groups is 2. The van der Waals surface area contributed by atoms with Crippen LogP contribution in [0.15, 0.2) is 76.2 Å². The van der Waals surface area contributed by atoms with Gasteiger partial charge in [0.05, 0.1) is 24.5 Å². The molecule has 1 N–H and O–H groups in total. The topological polar surface area (TPSA) is 89.9 Å². The minimum atomic E-state index is -0.757. The van der Waals surface area contributed by atoms with Crippen molar-refractivity contribution in [2.45, 2.75) is 33.6 Å². The molecule has 8 heteroatoms. The zero-order valence-corrected chi connectivity index (χ0v) is 21.6. The molecule has 0 bridgehead atoms. The molecule has 2 aromatic carbocycles. The highest BCUT2D eigenvalue weighted by Crippen LogP contribution is 2.43. The molecule has 0 amide bonds. The number of hydrogen-bond donors (Lipinski definition) is 1. The number of nitrogens with one attached hydrogen (secondary N) is 1. The molecule has 2 unspecified atom stereocenters. The van der Waals surface area contributed by atoms with Crippen molar-refractivity contribution in [2.75, 3.05) is 18.5 Å². The normalized spacial score (nSPS) is 17.4. The monoisotopic (exact) mass is 503 g/mol. The summed E-state index contributed by atoms with van der Waals surface area (Å²) in [5.41, 5.74) is 4.90. The Hall–Kier alpha value is -3.78. The molecular weight excluding hydrogens is 474 g/mol. The molecule has 186 valence electrons. The molecule has 1 aromatic heterocycles. The highest BCUT2D eigenvalue weighted by molar-refractivity contribution is 7.14. The second-order valence-electron chi connectivity index (χ2n) is 8.30. The Balaban J connectivity index is 1.78. The predicted octanol–water partition coefficient (Wildman–Crippen LogP) is 6.13. The van der Waals surface area contributed by atoms with Gasteiger partial charge in [0.25, 0.3) is 0 Å². The number of thiazole rings is 1. The molecule has 1 aliphatic heterocycles. The number of rotatable bonds is 8. The van der Waals surface area contributed by atoms with Crippen LogP contribution >= 0.6 is 11.3 Å². The molecule has 7 nitrogen and oxygen atoms in total. The van der Waals surface area contributed by atoms with Crippen molar-refractivity contribution in [2.24, 2.45) is 10.9 Å². The number of hydrogen-bond acceptors (Lipinski definition) is 8. The molecule has 2 heterocycles. The molecule has 3 aromatic rings. The summed E-state index contributed by atoms with van der Waals surface area (Å²) in [5, 5.41) is 6.11. The minimum absolute atomic E-state index is 0.219. The van der Waals surface area contributed by atoms with Gasteiger partial charge >= 0.3 is 11.9 Å². The average molecular weight is 504 g/mol. The maximum Gasteiger partial charge on any atom is 0.336 e. The third kappa shape index (κ3) is 5.23. The van der Waals surface area contributed by atoms with Crippen LogP contribution in [0.1, 0.15) is 39.2 Å². The number of allylic oxidation sites excluding steroid dienone is 1. The number of carbonyl (C=O) groups excluding carboxylic acids is 2. The summed E-state index contributed by atoms with van der Waals surface area (Å²) in [6.07, 6.45) is 0. The van der Waals surface area contributed by atoms with Crippen LogP contribution in [0.3, 0.4) is 0 Å².